The number of hydrogen-bond donors (Lipinski definition) is 0. The van der Waals surface area contributed by atoms with Gasteiger partial charge < -0.3 is 9.47 Å². The lowest BCUT2D eigenvalue weighted by atomic mass is 10.0. The first kappa shape index (κ1) is 31.7. The van der Waals surface area contributed by atoms with E-state index < -0.39 is 0 Å². The maximum absolute atomic E-state index is 12.4. The first-order valence-corrected chi connectivity index (χ1v) is 14.1. The fourth-order valence-electron chi connectivity index (χ4n) is 4.12. The Hall–Kier alpha value is -1.32. The van der Waals surface area contributed by atoms with Crippen LogP contribution < -0.4 is 0 Å². The van der Waals surface area contributed by atoms with E-state index in [9.17, 15) is 9.59 Å². The number of methoxy groups -OCH3 is 1. The van der Waals surface area contributed by atoms with Gasteiger partial charge >= 0.3 is 11.9 Å². The highest BCUT2D eigenvalue weighted by molar-refractivity contribution is 5.81. The van der Waals surface area contributed by atoms with Crippen molar-refractivity contribution in [3.63, 3.8) is 0 Å². The number of allylic oxidation sites excluding steroid dienone is 1. The molecule has 0 bridgehead atoms. The lowest BCUT2D eigenvalue weighted by molar-refractivity contribution is -0.150. The van der Waals surface area contributed by atoms with Gasteiger partial charge in [-0.2, -0.15) is 0 Å². The molecule has 0 spiro atoms. The molecule has 0 aliphatic heterocycles. The molecule has 194 valence electrons. The minimum atomic E-state index is -0.294. The molecule has 0 saturated heterocycles. The van der Waals surface area contributed by atoms with Crippen LogP contribution in [-0.4, -0.2) is 25.2 Å². The lowest BCUT2D eigenvalue weighted by Crippen LogP contribution is -2.18. The molecule has 33 heavy (non-hydrogen) atoms. The maximum atomic E-state index is 12.4. The highest BCUT2D eigenvalue weighted by atomic mass is 16.5. The van der Waals surface area contributed by atoms with E-state index in [2.05, 4.69) is 18.6 Å². The Balaban J connectivity index is 4.13. The normalized spacial score (nSPS) is 12.2. The van der Waals surface area contributed by atoms with Crippen LogP contribution in [0.2, 0.25) is 0 Å². The summed E-state index contributed by atoms with van der Waals surface area (Å²) in [7, 11) is 1.40. The Morgan fingerprint density at radius 3 is 1.70 bits per heavy atom. The van der Waals surface area contributed by atoms with E-state index in [-0.39, 0.29) is 18.0 Å². The zero-order valence-electron chi connectivity index (χ0n) is 22.2. The van der Waals surface area contributed by atoms with Crippen LogP contribution in [0.1, 0.15) is 149 Å². The summed E-state index contributed by atoms with van der Waals surface area (Å²) in [5.41, 5.74) is 0. The minimum Gasteiger partial charge on any atom is -0.466 e. The zero-order valence-corrected chi connectivity index (χ0v) is 22.2. The van der Waals surface area contributed by atoms with Gasteiger partial charge in [-0.15, -0.1) is 0 Å². The number of rotatable bonds is 24. The Morgan fingerprint density at radius 2 is 1.15 bits per heavy atom. The van der Waals surface area contributed by atoms with Crippen molar-refractivity contribution < 1.29 is 19.1 Å². The summed E-state index contributed by atoms with van der Waals surface area (Å²) in [4.78, 5) is 23.5. The molecular formula is C29H54O4. The number of hydrogen-bond acceptors (Lipinski definition) is 4. The van der Waals surface area contributed by atoms with Gasteiger partial charge in [0.15, 0.2) is 0 Å². The summed E-state index contributed by atoms with van der Waals surface area (Å²) >= 11 is 0. The van der Waals surface area contributed by atoms with Crippen molar-refractivity contribution in [3.8, 4) is 0 Å². The molecule has 0 aromatic rings. The predicted octanol–water partition coefficient (Wildman–Crippen LogP) is 8.86. The van der Waals surface area contributed by atoms with Crippen molar-refractivity contribution in [1.82, 2.24) is 0 Å². The van der Waals surface area contributed by atoms with Crippen molar-refractivity contribution in [2.24, 2.45) is 0 Å². The molecule has 4 heteroatoms. The van der Waals surface area contributed by atoms with Crippen LogP contribution in [0.25, 0.3) is 0 Å². The summed E-state index contributed by atoms with van der Waals surface area (Å²) in [5, 5.41) is 0. The number of esters is 2. The lowest BCUT2D eigenvalue weighted by Gasteiger charge is -2.18. The Morgan fingerprint density at radius 1 is 0.667 bits per heavy atom. The molecule has 0 saturated carbocycles. The number of carbonyl (C=O) groups is 2. The highest BCUT2D eigenvalue weighted by Gasteiger charge is 2.14. The second-order valence-electron chi connectivity index (χ2n) is 9.46. The average molecular weight is 467 g/mol. The van der Waals surface area contributed by atoms with Gasteiger partial charge in [0, 0.05) is 12.5 Å². The molecule has 0 fully saturated rings. The quantitative estimate of drug-likeness (QED) is 0.0809. The molecule has 4 nitrogen and oxygen atoms in total. The van der Waals surface area contributed by atoms with Crippen LogP contribution in [0.15, 0.2) is 12.2 Å². The van der Waals surface area contributed by atoms with Crippen molar-refractivity contribution in [3.05, 3.63) is 12.2 Å². The largest absolute Gasteiger partial charge is 0.466 e. The van der Waals surface area contributed by atoms with Gasteiger partial charge in [-0.1, -0.05) is 103 Å². The molecular weight excluding hydrogens is 412 g/mol. The number of carbonyl (C=O) groups excluding carboxylic acids is 2. The molecule has 0 amide bonds. The third kappa shape index (κ3) is 23.6. The van der Waals surface area contributed by atoms with Gasteiger partial charge in [0.25, 0.3) is 0 Å². The van der Waals surface area contributed by atoms with Gasteiger partial charge in [-0.25, -0.2) is 4.79 Å². The van der Waals surface area contributed by atoms with Crippen LogP contribution in [0, 0.1) is 0 Å². The first-order valence-electron chi connectivity index (χ1n) is 14.1. The molecule has 0 aromatic heterocycles. The third-order valence-corrected chi connectivity index (χ3v) is 6.26. The predicted molar refractivity (Wildman–Crippen MR) is 139 cm³/mol. The molecule has 0 aliphatic rings. The fourth-order valence-corrected chi connectivity index (χ4v) is 4.12. The molecule has 1 atom stereocenters. The van der Waals surface area contributed by atoms with Gasteiger partial charge in [0.05, 0.1) is 7.11 Å². The first-order chi connectivity index (χ1) is 16.1. The second kappa shape index (κ2) is 25.3. The van der Waals surface area contributed by atoms with E-state index in [1.165, 1.54) is 83.8 Å². The van der Waals surface area contributed by atoms with Crippen molar-refractivity contribution >= 4 is 11.9 Å². The van der Waals surface area contributed by atoms with Crippen molar-refractivity contribution in [2.45, 2.75) is 155 Å². The van der Waals surface area contributed by atoms with E-state index in [0.717, 1.165) is 57.8 Å². The fraction of sp³-hybridized carbons (Fsp3) is 0.862. The zero-order chi connectivity index (χ0) is 24.4. The summed E-state index contributed by atoms with van der Waals surface area (Å²) in [6.07, 6.45) is 27.6. The van der Waals surface area contributed by atoms with Crippen LogP contribution in [0.3, 0.4) is 0 Å². The molecule has 0 radical (unpaired) electrons. The van der Waals surface area contributed by atoms with Gasteiger partial charge in [-0.3, -0.25) is 4.79 Å². The molecule has 0 rings (SSSR count). The maximum Gasteiger partial charge on any atom is 0.330 e. The SMILES string of the molecule is CCCCCCCCCC(=O)OC(CCCCCC=CC(=O)OC)CCCCCCCCC. The molecule has 0 heterocycles. The van der Waals surface area contributed by atoms with E-state index in [1.54, 1.807) is 0 Å². The van der Waals surface area contributed by atoms with Crippen LogP contribution in [0.5, 0.6) is 0 Å². The van der Waals surface area contributed by atoms with Crippen LogP contribution >= 0.6 is 0 Å². The van der Waals surface area contributed by atoms with Crippen molar-refractivity contribution in [1.29, 1.82) is 0 Å². The van der Waals surface area contributed by atoms with Gasteiger partial charge in [-0.05, 0) is 44.9 Å². The standard InChI is InChI=1S/C29H54O4/c1-4-6-8-10-12-15-19-23-27(24-20-16-14-18-21-25-28(30)32-3)33-29(31)26-22-17-13-11-9-7-5-2/h21,25,27H,4-20,22-24,26H2,1-3H3. The second-order valence-corrected chi connectivity index (χ2v) is 9.46. The molecule has 0 aromatic carbocycles. The van der Waals surface area contributed by atoms with E-state index in [0.29, 0.717) is 6.42 Å². The van der Waals surface area contributed by atoms with Crippen molar-refractivity contribution in [2.75, 3.05) is 7.11 Å². The van der Waals surface area contributed by atoms with Crippen LogP contribution in [0.4, 0.5) is 0 Å². The summed E-state index contributed by atoms with van der Waals surface area (Å²) in [6.45, 7) is 4.49. The van der Waals surface area contributed by atoms with Gasteiger partial charge in [0.1, 0.15) is 6.10 Å². The summed E-state index contributed by atoms with van der Waals surface area (Å²) < 4.78 is 10.5. The summed E-state index contributed by atoms with van der Waals surface area (Å²) in [6, 6.07) is 0. The highest BCUT2D eigenvalue weighted by Crippen LogP contribution is 2.18. The number of ether oxygens (including phenoxy) is 2. The number of unbranched alkanes of at least 4 members (excludes halogenated alkanes) is 15. The van der Waals surface area contributed by atoms with Crippen LogP contribution in [-0.2, 0) is 19.1 Å². The Kier molecular flexibility index (Phi) is 24.3. The van der Waals surface area contributed by atoms with Gasteiger partial charge in [0.2, 0.25) is 0 Å². The van der Waals surface area contributed by atoms with E-state index >= 15 is 0 Å². The molecule has 1 unspecified atom stereocenters. The smallest absolute Gasteiger partial charge is 0.330 e. The minimum absolute atomic E-state index is 0.00230. The average Bonchev–Trinajstić information content (AvgIpc) is 2.81. The third-order valence-electron chi connectivity index (χ3n) is 6.26. The monoisotopic (exact) mass is 466 g/mol. The Bertz CT molecular complexity index is 472. The topological polar surface area (TPSA) is 52.6 Å². The Labute approximate surface area is 205 Å². The molecule has 0 aliphatic carbocycles. The van der Waals surface area contributed by atoms with E-state index in [1.807, 2.05) is 6.08 Å². The molecule has 0 N–H and O–H groups in total. The van der Waals surface area contributed by atoms with E-state index in [4.69, 9.17) is 4.74 Å². The summed E-state index contributed by atoms with van der Waals surface area (Å²) in [5.74, 6) is -0.296.